The Kier molecular flexibility index (Phi) is 5.53. The summed E-state index contributed by atoms with van der Waals surface area (Å²) >= 11 is 1.70. The summed E-state index contributed by atoms with van der Waals surface area (Å²) in [6, 6.07) is 14.0. The number of aliphatic hydroxyl groups excluding tert-OH is 1. The van der Waals surface area contributed by atoms with Gasteiger partial charge in [-0.15, -0.1) is 11.8 Å². The van der Waals surface area contributed by atoms with Gasteiger partial charge in [0.15, 0.2) is 0 Å². The van der Waals surface area contributed by atoms with E-state index in [9.17, 15) is 5.11 Å². The number of hydrogen-bond donors (Lipinski definition) is 2. The van der Waals surface area contributed by atoms with Crippen LogP contribution in [0.1, 0.15) is 17.2 Å². The van der Waals surface area contributed by atoms with E-state index in [-0.39, 0.29) is 0 Å². The number of aryl methyl sites for hydroxylation is 1. The number of thioether (sulfide) groups is 1. The van der Waals surface area contributed by atoms with E-state index < -0.39 is 6.10 Å². The van der Waals surface area contributed by atoms with Crippen molar-refractivity contribution in [1.82, 2.24) is 0 Å². The molecule has 2 N–H and O–H groups in total. The standard InChI is InChI=1S/C17H21NO2S/c1-12-7-8-17(20-2)15(9-12)16(19)11-18-13-5-4-6-14(10-13)21-3/h4-10,16,18-19H,11H2,1-3H3. The summed E-state index contributed by atoms with van der Waals surface area (Å²) in [5, 5.41) is 13.7. The second-order valence-electron chi connectivity index (χ2n) is 4.87. The van der Waals surface area contributed by atoms with Crippen LogP contribution in [0.25, 0.3) is 0 Å². The van der Waals surface area contributed by atoms with Crippen LogP contribution in [0.15, 0.2) is 47.4 Å². The van der Waals surface area contributed by atoms with Crippen molar-refractivity contribution in [2.24, 2.45) is 0 Å². The molecular formula is C17H21NO2S. The lowest BCUT2D eigenvalue weighted by molar-refractivity contribution is 0.187. The van der Waals surface area contributed by atoms with Crippen molar-refractivity contribution in [3.8, 4) is 5.75 Å². The van der Waals surface area contributed by atoms with Crippen molar-refractivity contribution in [1.29, 1.82) is 0 Å². The van der Waals surface area contributed by atoms with E-state index in [0.717, 1.165) is 16.8 Å². The van der Waals surface area contributed by atoms with E-state index in [0.29, 0.717) is 12.3 Å². The van der Waals surface area contributed by atoms with Crippen LogP contribution in [0.4, 0.5) is 5.69 Å². The molecule has 1 unspecified atom stereocenters. The summed E-state index contributed by atoms with van der Waals surface area (Å²) in [5.41, 5.74) is 2.92. The first kappa shape index (κ1) is 15.7. The lowest BCUT2D eigenvalue weighted by atomic mass is 10.1. The topological polar surface area (TPSA) is 41.5 Å². The maximum absolute atomic E-state index is 10.4. The highest BCUT2D eigenvalue weighted by Crippen LogP contribution is 2.27. The molecule has 0 radical (unpaired) electrons. The number of benzene rings is 2. The predicted molar refractivity (Wildman–Crippen MR) is 89.4 cm³/mol. The fourth-order valence-corrected chi connectivity index (χ4v) is 2.63. The Bertz CT molecular complexity index is 601. The van der Waals surface area contributed by atoms with Crippen LogP contribution in [-0.2, 0) is 0 Å². The van der Waals surface area contributed by atoms with Crippen molar-refractivity contribution < 1.29 is 9.84 Å². The van der Waals surface area contributed by atoms with E-state index in [1.165, 1.54) is 4.90 Å². The highest BCUT2D eigenvalue weighted by molar-refractivity contribution is 7.98. The van der Waals surface area contributed by atoms with Gasteiger partial charge in [0.2, 0.25) is 0 Å². The Labute approximate surface area is 130 Å². The van der Waals surface area contributed by atoms with E-state index in [4.69, 9.17) is 4.74 Å². The Morgan fingerprint density at radius 2 is 2.05 bits per heavy atom. The van der Waals surface area contributed by atoms with E-state index >= 15 is 0 Å². The summed E-state index contributed by atoms with van der Waals surface area (Å²) in [4.78, 5) is 1.20. The molecule has 0 saturated carbocycles. The third-order valence-electron chi connectivity index (χ3n) is 3.31. The molecule has 0 fully saturated rings. The van der Waals surface area contributed by atoms with Crippen molar-refractivity contribution >= 4 is 17.4 Å². The molecular weight excluding hydrogens is 282 g/mol. The van der Waals surface area contributed by atoms with Crippen LogP contribution >= 0.6 is 11.8 Å². The summed E-state index contributed by atoms with van der Waals surface area (Å²) in [7, 11) is 1.62. The van der Waals surface area contributed by atoms with Gasteiger partial charge in [-0.2, -0.15) is 0 Å². The van der Waals surface area contributed by atoms with Crippen molar-refractivity contribution in [3.05, 3.63) is 53.6 Å². The highest BCUT2D eigenvalue weighted by Gasteiger charge is 2.13. The Balaban J connectivity index is 2.07. The molecule has 0 heterocycles. The minimum absolute atomic E-state index is 0.442. The average molecular weight is 303 g/mol. The molecule has 4 heteroatoms. The number of rotatable bonds is 6. The van der Waals surface area contributed by atoms with E-state index in [2.05, 4.69) is 17.4 Å². The number of aliphatic hydroxyl groups is 1. The van der Waals surface area contributed by atoms with Crippen LogP contribution in [0.3, 0.4) is 0 Å². The smallest absolute Gasteiger partial charge is 0.124 e. The second kappa shape index (κ2) is 7.38. The van der Waals surface area contributed by atoms with Crippen molar-refractivity contribution in [2.75, 3.05) is 25.2 Å². The van der Waals surface area contributed by atoms with E-state index in [1.54, 1.807) is 18.9 Å². The van der Waals surface area contributed by atoms with Gasteiger partial charge in [-0.25, -0.2) is 0 Å². The SMILES string of the molecule is COc1ccc(C)cc1C(O)CNc1cccc(SC)c1. The summed E-state index contributed by atoms with van der Waals surface area (Å²) in [6.45, 7) is 2.45. The minimum Gasteiger partial charge on any atom is -0.496 e. The quantitative estimate of drug-likeness (QED) is 0.795. The molecule has 0 amide bonds. The van der Waals surface area contributed by atoms with Gasteiger partial charge in [-0.1, -0.05) is 17.7 Å². The first-order valence-electron chi connectivity index (χ1n) is 6.84. The third-order valence-corrected chi connectivity index (χ3v) is 4.04. The molecule has 112 valence electrons. The fraction of sp³-hybridized carbons (Fsp3) is 0.294. The Morgan fingerprint density at radius 3 is 2.76 bits per heavy atom. The van der Waals surface area contributed by atoms with Gasteiger partial charge in [0.1, 0.15) is 5.75 Å². The van der Waals surface area contributed by atoms with Crippen LogP contribution in [0.2, 0.25) is 0 Å². The first-order chi connectivity index (χ1) is 10.1. The Morgan fingerprint density at radius 1 is 1.24 bits per heavy atom. The van der Waals surface area contributed by atoms with Crippen molar-refractivity contribution in [2.45, 2.75) is 17.9 Å². The molecule has 2 aromatic rings. The lowest BCUT2D eigenvalue weighted by Crippen LogP contribution is -2.13. The number of nitrogens with one attached hydrogen (secondary N) is 1. The van der Waals surface area contributed by atoms with Crippen LogP contribution in [0, 0.1) is 6.92 Å². The van der Waals surface area contributed by atoms with Gasteiger partial charge >= 0.3 is 0 Å². The fourth-order valence-electron chi connectivity index (χ4n) is 2.17. The average Bonchev–Trinajstić information content (AvgIpc) is 2.52. The van der Waals surface area contributed by atoms with Crippen LogP contribution in [-0.4, -0.2) is 25.0 Å². The lowest BCUT2D eigenvalue weighted by Gasteiger charge is -2.17. The molecule has 2 rings (SSSR count). The van der Waals surface area contributed by atoms with Gasteiger partial charge in [-0.05, 0) is 43.5 Å². The maximum atomic E-state index is 10.4. The molecule has 1 atom stereocenters. The van der Waals surface area contributed by atoms with Gasteiger partial charge in [0, 0.05) is 22.7 Å². The molecule has 0 aliphatic rings. The van der Waals surface area contributed by atoms with Crippen molar-refractivity contribution in [3.63, 3.8) is 0 Å². The van der Waals surface area contributed by atoms with Crippen LogP contribution < -0.4 is 10.1 Å². The number of ether oxygens (including phenoxy) is 1. The van der Waals surface area contributed by atoms with Gasteiger partial charge in [0.05, 0.1) is 13.2 Å². The Hall–Kier alpha value is -1.65. The largest absolute Gasteiger partial charge is 0.496 e. The molecule has 0 aromatic heterocycles. The molecule has 21 heavy (non-hydrogen) atoms. The normalized spacial score (nSPS) is 12.0. The van der Waals surface area contributed by atoms with Gasteiger partial charge in [0.25, 0.3) is 0 Å². The summed E-state index contributed by atoms with van der Waals surface area (Å²) < 4.78 is 5.32. The molecule has 3 nitrogen and oxygen atoms in total. The van der Waals surface area contributed by atoms with E-state index in [1.807, 2.05) is 43.5 Å². The monoisotopic (exact) mass is 303 g/mol. The number of hydrogen-bond acceptors (Lipinski definition) is 4. The molecule has 0 aliphatic heterocycles. The minimum atomic E-state index is -0.613. The molecule has 0 bridgehead atoms. The van der Waals surface area contributed by atoms with Crippen LogP contribution in [0.5, 0.6) is 5.75 Å². The third kappa shape index (κ3) is 4.16. The number of anilines is 1. The summed E-state index contributed by atoms with van der Waals surface area (Å²) in [5.74, 6) is 0.716. The zero-order chi connectivity index (χ0) is 15.2. The summed E-state index contributed by atoms with van der Waals surface area (Å²) in [6.07, 6.45) is 1.43. The number of methoxy groups -OCH3 is 1. The van der Waals surface area contributed by atoms with Gasteiger partial charge < -0.3 is 15.2 Å². The molecule has 0 aliphatic carbocycles. The highest BCUT2D eigenvalue weighted by atomic mass is 32.2. The zero-order valence-corrected chi connectivity index (χ0v) is 13.4. The predicted octanol–water partition coefficient (Wildman–Crippen LogP) is 3.87. The molecule has 0 spiro atoms. The molecule has 0 saturated heterocycles. The maximum Gasteiger partial charge on any atom is 0.124 e. The second-order valence-corrected chi connectivity index (χ2v) is 5.75. The zero-order valence-electron chi connectivity index (χ0n) is 12.6. The first-order valence-corrected chi connectivity index (χ1v) is 8.07. The van der Waals surface area contributed by atoms with Gasteiger partial charge in [-0.3, -0.25) is 0 Å². The molecule has 2 aromatic carbocycles.